The summed E-state index contributed by atoms with van der Waals surface area (Å²) in [4.78, 5) is 15.3. The molecule has 1 N–H and O–H groups in total. The van der Waals surface area contributed by atoms with Gasteiger partial charge < -0.3 is 10.1 Å². The number of carbonyl (C=O) groups excluding carboxylic acids is 1. The molecule has 7 heteroatoms. The van der Waals surface area contributed by atoms with Gasteiger partial charge in [-0.2, -0.15) is 0 Å². The van der Waals surface area contributed by atoms with Crippen molar-refractivity contribution < 1.29 is 18.3 Å². The second-order valence-corrected chi connectivity index (χ2v) is 4.37. The number of nitrogens with zero attached hydrogens (tertiary/aromatic N) is 1. The van der Waals surface area contributed by atoms with E-state index in [1.54, 1.807) is 6.92 Å². The normalized spacial score (nSPS) is 10.3. The highest BCUT2D eigenvalue weighted by Gasteiger charge is 2.12. The van der Waals surface area contributed by atoms with Gasteiger partial charge in [0, 0.05) is 11.4 Å². The van der Waals surface area contributed by atoms with Crippen molar-refractivity contribution in [2.75, 3.05) is 11.9 Å². The molecular weight excluding hydrogens is 274 g/mol. The van der Waals surface area contributed by atoms with Gasteiger partial charge in [0.2, 0.25) is 0 Å². The van der Waals surface area contributed by atoms with E-state index in [0.717, 1.165) is 29.5 Å². The van der Waals surface area contributed by atoms with E-state index in [1.807, 2.05) is 0 Å². The van der Waals surface area contributed by atoms with Gasteiger partial charge in [-0.1, -0.05) is 0 Å². The first-order chi connectivity index (χ1) is 9.10. The average Bonchev–Trinajstić information content (AvgIpc) is 2.83. The number of aromatic nitrogens is 1. The number of halogens is 2. The highest BCUT2D eigenvalue weighted by molar-refractivity contribution is 7.14. The summed E-state index contributed by atoms with van der Waals surface area (Å²) >= 11 is 1.10. The molecule has 19 heavy (non-hydrogen) atoms. The lowest BCUT2D eigenvalue weighted by molar-refractivity contribution is 0.0520. The van der Waals surface area contributed by atoms with Crippen LogP contribution < -0.4 is 5.32 Å². The predicted molar refractivity (Wildman–Crippen MR) is 67.7 cm³/mol. The van der Waals surface area contributed by atoms with Crippen LogP contribution in [0, 0.1) is 11.6 Å². The van der Waals surface area contributed by atoms with Crippen LogP contribution >= 0.6 is 11.3 Å². The van der Waals surface area contributed by atoms with Crippen LogP contribution in [0.1, 0.15) is 17.4 Å². The molecule has 0 saturated heterocycles. The summed E-state index contributed by atoms with van der Waals surface area (Å²) in [5.74, 6) is -1.72. The van der Waals surface area contributed by atoms with E-state index in [4.69, 9.17) is 4.74 Å². The standard InChI is InChI=1S/C12H10F2N2O2S/c1-2-18-11(17)10-6-19-12(16-10)15-9-5-7(13)3-4-8(9)14/h3-6H,2H2,1H3,(H,15,16). The number of esters is 1. The fraction of sp³-hybridized carbons (Fsp3) is 0.167. The predicted octanol–water partition coefficient (Wildman–Crippen LogP) is 3.34. The minimum atomic E-state index is -0.603. The summed E-state index contributed by atoms with van der Waals surface area (Å²) < 4.78 is 31.2. The summed E-state index contributed by atoms with van der Waals surface area (Å²) in [5, 5.41) is 4.38. The lowest BCUT2D eigenvalue weighted by Gasteiger charge is -2.03. The van der Waals surface area contributed by atoms with E-state index in [0.29, 0.717) is 0 Å². The summed E-state index contributed by atoms with van der Waals surface area (Å²) in [5.41, 5.74) is 0.0934. The van der Waals surface area contributed by atoms with Gasteiger partial charge in [-0.25, -0.2) is 18.6 Å². The SMILES string of the molecule is CCOC(=O)c1csc(Nc2cc(F)ccc2F)n1. The number of anilines is 2. The molecule has 0 aliphatic carbocycles. The van der Waals surface area contributed by atoms with Gasteiger partial charge in [-0.05, 0) is 19.1 Å². The quantitative estimate of drug-likeness (QED) is 0.875. The lowest BCUT2D eigenvalue weighted by atomic mass is 10.3. The van der Waals surface area contributed by atoms with Crippen molar-refractivity contribution in [2.24, 2.45) is 0 Å². The third-order valence-electron chi connectivity index (χ3n) is 2.16. The Kier molecular flexibility index (Phi) is 4.06. The van der Waals surface area contributed by atoms with Gasteiger partial charge in [0.1, 0.15) is 11.6 Å². The number of rotatable bonds is 4. The van der Waals surface area contributed by atoms with Crippen molar-refractivity contribution in [3.05, 3.63) is 40.9 Å². The van der Waals surface area contributed by atoms with Crippen LogP contribution in [0.15, 0.2) is 23.6 Å². The van der Waals surface area contributed by atoms with Crippen LogP contribution in [0.5, 0.6) is 0 Å². The van der Waals surface area contributed by atoms with Gasteiger partial charge in [0.25, 0.3) is 0 Å². The van der Waals surface area contributed by atoms with Gasteiger partial charge >= 0.3 is 5.97 Å². The lowest BCUT2D eigenvalue weighted by Crippen LogP contribution is -2.05. The van der Waals surface area contributed by atoms with Gasteiger partial charge in [-0.3, -0.25) is 0 Å². The molecule has 2 aromatic rings. The van der Waals surface area contributed by atoms with Crippen LogP contribution in [0.4, 0.5) is 19.6 Å². The number of nitrogens with one attached hydrogen (secondary N) is 1. The topological polar surface area (TPSA) is 51.2 Å². The second-order valence-electron chi connectivity index (χ2n) is 3.51. The van der Waals surface area contributed by atoms with Crippen LogP contribution in [0.25, 0.3) is 0 Å². The van der Waals surface area contributed by atoms with Gasteiger partial charge in [0.15, 0.2) is 10.8 Å². The zero-order valence-electron chi connectivity index (χ0n) is 9.94. The Labute approximate surface area is 112 Å². The van der Waals surface area contributed by atoms with E-state index in [-0.39, 0.29) is 23.1 Å². The first kappa shape index (κ1) is 13.4. The molecule has 4 nitrogen and oxygen atoms in total. The largest absolute Gasteiger partial charge is 0.461 e. The Morgan fingerprint density at radius 3 is 3.00 bits per heavy atom. The molecule has 0 spiro atoms. The molecule has 0 atom stereocenters. The molecular formula is C12H10F2N2O2S. The second kappa shape index (κ2) is 5.75. The fourth-order valence-corrected chi connectivity index (χ4v) is 2.03. The Hall–Kier alpha value is -2.02. The molecule has 0 amide bonds. The molecule has 0 aliphatic heterocycles. The highest BCUT2D eigenvalue weighted by Crippen LogP contribution is 2.24. The zero-order chi connectivity index (χ0) is 13.8. The Morgan fingerprint density at radius 2 is 2.26 bits per heavy atom. The number of hydrogen-bond donors (Lipinski definition) is 1. The number of thiazole rings is 1. The molecule has 1 heterocycles. The maximum absolute atomic E-state index is 13.4. The number of ether oxygens (including phenoxy) is 1. The molecule has 0 radical (unpaired) electrons. The maximum atomic E-state index is 13.4. The first-order valence-corrected chi connectivity index (χ1v) is 6.33. The van der Waals surface area contributed by atoms with E-state index >= 15 is 0 Å². The van der Waals surface area contributed by atoms with Gasteiger partial charge in [0.05, 0.1) is 12.3 Å². The average molecular weight is 284 g/mol. The van der Waals surface area contributed by atoms with Crippen LogP contribution in [0.3, 0.4) is 0 Å². The van der Waals surface area contributed by atoms with Gasteiger partial charge in [-0.15, -0.1) is 11.3 Å². The van der Waals surface area contributed by atoms with Crippen molar-refractivity contribution in [2.45, 2.75) is 6.92 Å². The van der Waals surface area contributed by atoms with Crippen molar-refractivity contribution >= 4 is 28.1 Å². The summed E-state index contributed by atoms with van der Waals surface area (Å²) in [6, 6.07) is 3.05. The number of carbonyl (C=O) groups is 1. The van der Waals surface area contributed by atoms with Crippen molar-refractivity contribution in [1.82, 2.24) is 4.98 Å². The minimum absolute atomic E-state index is 0.0373. The van der Waals surface area contributed by atoms with Crippen LogP contribution in [-0.2, 0) is 4.74 Å². The number of hydrogen-bond acceptors (Lipinski definition) is 5. The van der Waals surface area contributed by atoms with E-state index in [2.05, 4.69) is 10.3 Å². The molecule has 0 aliphatic rings. The monoisotopic (exact) mass is 284 g/mol. The molecule has 0 unspecified atom stereocenters. The van der Waals surface area contributed by atoms with Crippen LogP contribution in [0.2, 0.25) is 0 Å². The minimum Gasteiger partial charge on any atom is -0.461 e. The third-order valence-corrected chi connectivity index (χ3v) is 2.92. The summed E-state index contributed by atoms with van der Waals surface area (Å²) in [7, 11) is 0. The molecule has 0 saturated carbocycles. The van der Waals surface area contributed by atoms with Crippen molar-refractivity contribution in [3.8, 4) is 0 Å². The fourth-order valence-electron chi connectivity index (χ4n) is 1.34. The Balaban J connectivity index is 2.15. The molecule has 1 aromatic heterocycles. The number of benzene rings is 1. The Morgan fingerprint density at radius 1 is 1.47 bits per heavy atom. The molecule has 100 valence electrons. The summed E-state index contributed by atoms with van der Waals surface area (Å²) in [6.07, 6.45) is 0. The molecule has 1 aromatic carbocycles. The van der Waals surface area contributed by atoms with E-state index in [9.17, 15) is 13.6 Å². The van der Waals surface area contributed by atoms with Crippen molar-refractivity contribution in [1.29, 1.82) is 0 Å². The molecule has 0 bridgehead atoms. The zero-order valence-corrected chi connectivity index (χ0v) is 10.8. The highest BCUT2D eigenvalue weighted by atomic mass is 32.1. The molecule has 2 rings (SSSR count). The van der Waals surface area contributed by atoms with E-state index < -0.39 is 17.6 Å². The smallest absolute Gasteiger partial charge is 0.357 e. The summed E-state index contributed by atoms with van der Waals surface area (Å²) in [6.45, 7) is 1.93. The van der Waals surface area contributed by atoms with Crippen molar-refractivity contribution in [3.63, 3.8) is 0 Å². The third kappa shape index (κ3) is 3.25. The maximum Gasteiger partial charge on any atom is 0.357 e. The van der Waals surface area contributed by atoms with Crippen LogP contribution in [-0.4, -0.2) is 17.6 Å². The Bertz CT molecular complexity index is 601. The molecule has 0 fully saturated rings. The first-order valence-electron chi connectivity index (χ1n) is 5.45. The van der Waals surface area contributed by atoms with E-state index in [1.165, 1.54) is 5.38 Å².